The zero-order chi connectivity index (χ0) is 24.6. The molecule has 8 nitrogen and oxygen atoms in total. The van der Waals surface area contributed by atoms with Crippen LogP contribution in [0.2, 0.25) is 0 Å². The Labute approximate surface area is 204 Å². The summed E-state index contributed by atoms with van der Waals surface area (Å²) in [4.78, 5) is 20.9. The lowest BCUT2D eigenvalue weighted by Crippen LogP contribution is -2.19. The normalized spacial score (nSPS) is 17.2. The van der Waals surface area contributed by atoms with Crippen molar-refractivity contribution in [1.29, 1.82) is 0 Å². The smallest absolute Gasteiger partial charge is 0.343 e. The van der Waals surface area contributed by atoms with E-state index in [4.69, 9.17) is 4.42 Å². The number of nitrogens with zero attached hydrogens (tertiary/aromatic N) is 2. The van der Waals surface area contributed by atoms with E-state index in [1.807, 2.05) is 0 Å². The maximum atomic E-state index is 13.1. The molecular weight excluding hydrogens is 466 g/mol. The van der Waals surface area contributed by atoms with Gasteiger partial charge in [0.25, 0.3) is 15.2 Å². The number of rotatable bonds is 6. The highest BCUT2D eigenvalue weighted by atomic mass is 32.2. The van der Waals surface area contributed by atoms with E-state index in [0.717, 1.165) is 49.7 Å². The van der Waals surface area contributed by atoms with Gasteiger partial charge in [0.1, 0.15) is 11.5 Å². The summed E-state index contributed by atoms with van der Waals surface area (Å²) >= 11 is 0. The van der Waals surface area contributed by atoms with E-state index in [2.05, 4.69) is 14.7 Å². The number of nitrogens with one attached hydrogen (secondary N) is 1. The fourth-order valence-electron chi connectivity index (χ4n) is 4.91. The number of aryl methyl sites for hydroxylation is 2. The average molecular weight is 496 g/mol. The fourth-order valence-corrected chi connectivity index (χ4v) is 5.91. The van der Waals surface area contributed by atoms with E-state index in [0.29, 0.717) is 35.5 Å². The standard InChI is InChI=1S/C26H29N3O5S/c1-16-14-15-27-26(28-16)35(32,33)29-19-12-10-18(11-13-19)22(17-8-9-17)23-24(30)20-6-4-2-3-5-7-21(20)34-25(23)31/h10-15,17,22,29-30H,2-9H2,1H3. The molecule has 35 heavy (non-hydrogen) atoms. The zero-order valence-electron chi connectivity index (χ0n) is 19.7. The molecule has 0 aliphatic heterocycles. The quantitative estimate of drug-likeness (QED) is 0.485. The number of hydrogen-bond acceptors (Lipinski definition) is 7. The Kier molecular flexibility index (Phi) is 6.35. The number of benzene rings is 1. The molecule has 5 rings (SSSR count). The van der Waals surface area contributed by atoms with Crippen LogP contribution < -0.4 is 10.3 Å². The van der Waals surface area contributed by atoms with Gasteiger partial charge < -0.3 is 9.52 Å². The van der Waals surface area contributed by atoms with Crippen LogP contribution in [0.1, 0.15) is 72.6 Å². The van der Waals surface area contributed by atoms with Crippen LogP contribution in [0.4, 0.5) is 5.69 Å². The molecule has 2 aliphatic carbocycles. The van der Waals surface area contributed by atoms with Crippen LogP contribution in [-0.4, -0.2) is 23.5 Å². The minimum Gasteiger partial charge on any atom is -0.507 e. The lowest BCUT2D eigenvalue weighted by Gasteiger charge is -2.21. The highest BCUT2D eigenvalue weighted by molar-refractivity contribution is 7.92. The molecule has 0 radical (unpaired) electrons. The monoisotopic (exact) mass is 495 g/mol. The number of anilines is 1. The second kappa shape index (κ2) is 9.45. The summed E-state index contributed by atoms with van der Waals surface area (Å²) in [6, 6.07) is 8.54. The lowest BCUT2D eigenvalue weighted by atomic mass is 9.85. The van der Waals surface area contributed by atoms with Crippen LogP contribution in [0.3, 0.4) is 0 Å². The highest BCUT2D eigenvalue weighted by Crippen LogP contribution is 2.48. The average Bonchev–Trinajstić information content (AvgIpc) is 3.64. The predicted molar refractivity (Wildman–Crippen MR) is 131 cm³/mol. The Morgan fingerprint density at radius 3 is 2.46 bits per heavy atom. The van der Waals surface area contributed by atoms with Crippen molar-refractivity contribution < 1.29 is 17.9 Å². The molecule has 1 unspecified atom stereocenters. The zero-order valence-corrected chi connectivity index (χ0v) is 20.5. The number of aromatic hydroxyl groups is 1. The molecule has 2 heterocycles. The van der Waals surface area contributed by atoms with Crippen molar-refractivity contribution >= 4 is 15.7 Å². The Morgan fingerprint density at radius 1 is 1.06 bits per heavy atom. The van der Waals surface area contributed by atoms with Crippen LogP contribution >= 0.6 is 0 Å². The van der Waals surface area contributed by atoms with E-state index in [1.165, 1.54) is 6.20 Å². The van der Waals surface area contributed by atoms with Gasteiger partial charge in [0, 0.05) is 35.5 Å². The Hall–Kier alpha value is -3.20. The molecule has 3 aromatic rings. The molecule has 2 N–H and O–H groups in total. The van der Waals surface area contributed by atoms with Crippen molar-refractivity contribution in [1.82, 2.24) is 9.97 Å². The first kappa shape index (κ1) is 23.5. The second-order valence-electron chi connectivity index (χ2n) is 9.49. The number of sulfonamides is 1. The fraction of sp³-hybridized carbons (Fsp3) is 0.423. The topological polar surface area (TPSA) is 122 Å². The van der Waals surface area contributed by atoms with Gasteiger partial charge in [-0.3, -0.25) is 4.72 Å². The van der Waals surface area contributed by atoms with Crippen molar-refractivity contribution in [2.75, 3.05) is 4.72 Å². The predicted octanol–water partition coefficient (Wildman–Crippen LogP) is 4.45. The molecule has 0 bridgehead atoms. The third kappa shape index (κ3) is 4.96. The summed E-state index contributed by atoms with van der Waals surface area (Å²) in [5.41, 5.74) is 2.39. The number of fused-ring (bicyclic) bond motifs is 1. The summed E-state index contributed by atoms with van der Waals surface area (Å²) in [7, 11) is -3.93. The van der Waals surface area contributed by atoms with E-state index >= 15 is 0 Å². The molecule has 1 fully saturated rings. The summed E-state index contributed by atoms with van der Waals surface area (Å²) in [5, 5.41) is 10.9. The van der Waals surface area contributed by atoms with E-state index < -0.39 is 15.6 Å². The molecule has 0 spiro atoms. The molecular formula is C26H29N3O5S. The van der Waals surface area contributed by atoms with E-state index in [-0.39, 0.29) is 22.7 Å². The van der Waals surface area contributed by atoms with Crippen molar-refractivity contribution in [2.45, 2.75) is 69.4 Å². The van der Waals surface area contributed by atoms with Crippen LogP contribution in [0.25, 0.3) is 0 Å². The third-order valence-electron chi connectivity index (χ3n) is 6.83. The van der Waals surface area contributed by atoms with E-state index in [1.54, 1.807) is 37.3 Å². The molecule has 1 aromatic carbocycles. The largest absolute Gasteiger partial charge is 0.507 e. The van der Waals surface area contributed by atoms with Crippen molar-refractivity contribution in [3.8, 4) is 5.75 Å². The molecule has 1 saturated carbocycles. The SMILES string of the molecule is Cc1ccnc(S(=O)(=O)Nc2ccc(C(c3c(O)c4c(oc3=O)CCCCCC4)C3CC3)cc2)n1. The van der Waals surface area contributed by atoms with Gasteiger partial charge in [0.2, 0.25) is 0 Å². The van der Waals surface area contributed by atoms with Gasteiger partial charge in [0.05, 0.1) is 5.56 Å². The lowest BCUT2D eigenvalue weighted by molar-refractivity contribution is 0.382. The summed E-state index contributed by atoms with van der Waals surface area (Å²) in [6.07, 6.45) is 8.81. The summed E-state index contributed by atoms with van der Waals surface area (Å²) in [6.45, 7) is 1.70. The first-order valence-electron chi connectivity index (χ1n) is 12.1. The van der Waals surface area contributed by atoms with Crippen molar-refractivity contribution in [3.63, 3.8) is 0 Å². The maximum absolute atomic E-state index is 13.1. The first-order valence-corrected chi connectivity index (χ1v) is 13.6. The molecule has 2 aromatic heterocycles. The van der Waals surface area contributed by atoms with Gasteiger partial charge in [-0.1, -0.05) is 25.0 Å². The van der Waals surface area contributed by atoms with Crippen molar-refractivity contribution in [2.24, 2.45) is 5.92 Å². The van der Waals surface area contributed by atoms with E-state index in [9.17, 15) is 18.3 Å². The highest BCUT2D eigenvalue weighted by Gasteiger charge is 2.38. The van der Waals surface area contributed by atoms with Crippen LogP contribution in [0.15, 0.2) is 50.9 Å². The molecule has 2 aliphatic rings. The third-order valence-corrected chi connectivity index (χ3v) is 8.02. The minimum absolute atomic E-state index is 0.0800. The minimum atomic E-state index is -3.93. The second-order valence-corrected chi connectivity index (χ2v) is 11.1. The molecule has 0 amide bonds. The maximum Gasteiger partial charge on any atom is 0.343 e. The van der Waals surface area contributed by atoms with Crippen molar-refractivity contribution in [3.05, 3.63) is 75.1 Å². The first-order chi connectivity index (χ1) is 16.8. The van der Waals surface area contributed by atoms with Gasteiger partial charge >= 0.3 is 5.63 Å². The Morgan fingerprint density at radius 2 is 1.77 bits per heavy atom. The van der Waals surface area contributed by atoms with Crippen LogP contribution in [0.5, 0.6) is 5.75 Å². The molecule has 0 saturated heterocycles. The molecule has 9 heteroatoms. The van der Waals surface area contributed by atoms with Gasteiger partial charge in [-0.05, 0) is 68.7 Å². The Bertz CT molecular complexity index is 1400. The van der Waals surface area contributed by atoms with Gasteiger partial charge in [-0.25, -0.2) is 14.8 Å². The van der Waals surface area contributed by atoms with Crippen LogP contribution in [-0.2, 0) is 22.9 Å². The summed E-state index contributed by atoms with van der Waals surface area (Å²) < 4.78 is 33.6. The molecule has 1 atom stereocenters. The van der Waals surface area contributed by atoms with Gasteiger partial charge in [-0.2, -0.15) is 8.42 Å². The van der Waals surface area contributed by atoms with Gasteiger partial charge in [-0.15, -0.1) is 0 Å². The number of aromatic nitrogens is 2. The van der Waals surface area contributed by atoms with Crippen LogP contribution in [0, 0.1) is 12.8 Å². The van der Waals surface area contributed by atoms with Gasteiger partial charge in [0.15, 0.2) is 0 Å². The number of hydrogen-bond donors (Lipinski definition) is 2. The summed E-state index contributed by atoms with van der Waals surface area (Å²) in [5.74, 6) is 0.636. The molecule has 184 valence electrons. The Balaban J connectivity index is 1.46.